The molecule has 0 radical (unpaired) electrons. The smallest absolute Gasteiger partial charge is 0.275 e. The van der Waals surface area contributed by atoms with Crippen LogP contribution in [0.1, 0.15) is 10.5 Å². The maximum atomic E-state index is 12.2. The van der Waals surface area contributed by atoms with E-state index in [1.807, 2.05) is 43.3 Å². The molecule has 0 unspecified atom stereocenters. The van der Waals surface area contributed by atoms with Crippen molar-refractivity contribution < 1.29 is 4.79 Å². The second kappa shape index (κ2) is 7.84. The predicted octanol–water partition coefficient (Wildman–Crippen LogP) is 4.19. The molecule has 0 atom stereocenters. The molecule has 1 aromatic heterocycles. The van der Waals surface area contributed by atoms with E-state index in [1.54, 1.807) is 24.3 Å². The van der Waals surface area contributed by atoms with Gasteiger partial charge < -0.3 is 15.5 Å². The number of aromatic nitrogens is 2. The molecule has 0 saturated heterocycles. The van der Waals surface area contributed by atoms with E-state index in [2.05, 4.69) is 20.6 Å². The Kier molecular flexibility index (Phi) is 5.34. The van der Waals surface area contributed by atoms with Crippen LogP contribution < -0.4 is 15.5 Å². The van der Waals surface area contributed by atoms with E-state index in [-0.39, 0.29) is 11.6 Å². The molecular formula is C19H18ClN5O. The molecule has 7 heteroatoms. The summed E-state index contributed by atoms with van der Waals surface area (Å²) in [7, 11) is 3.97. The standard InChI is InChI=1S/C19H18ClN5O/c1-25(2)16-8-6-14(7-9-16)23-18-12-21-17(11-22-18)19(26)24-15-5-3-4-13(20)10-15/h3-12H,1-2H3,(H,22,23)(H,24,26). The largest absolute Gasteiger partial charge is 0.378 e. The molecule has 0 aliphatic heterocycles. The van der Waals surface area contributed by atoms with E-state index in [1.165, 1.54) is 12.4 Å². The first-order valence-electron chi connectivity index (χ1n) is 7.94. The van der Waals surface area contributed by atoms with Crippen LogP contribution in [0.4, 0.5) is 22.9 Å². The van der Waals surface area contributed by atoms with Crippen molar-refractivity contribution >= 4 is 40.4 Å². The molecule has 26 heavy (non-hydrogen) atoms. The number of amides is 1. The lowest BCUT2D eigenvalue weighted by molar-refractivity contribution is 0.102. The molecule has 3 rings (SSSR count). The zero-order valence-electron chi connectivity index (χ0n) is 14.4. The van der Waals surface area contributed by atoms with E-state index in [9.17, 15) is 4.79 Å². The fraction of sp³-hybridized carbons (Fsp3) is 0.105. The van der Waals surface area contributed by atoms with Gasteiger partial charge in [0.1, 0.15) is 11.5 Å². The van der Waals surface area contributed by atoms with Crippen molar-refractivity contribution in [1.29, 1.82) is 0 Å². The van der Waals surface area contributed by atoms with Gasteiger partial charge in [0.2, 0.25) is 0 Å². The number of nitrogens with zero attached hydrogens (tertiary/aromatic N) is 3. The first-order chi connectivity index (χ1) is 12.5. The second-order valence-corrected chi connectivity index (χ2v) is 6.25. The molecular weight excluding hydrogens is 350 g/mol. The summed E-state index contributed by atoms with van der Waals surface area (Å²) < 4.78 is 0. The van der Waals surface area contributed by atoms with Crippen molar-refractivity contribution in [3.63, 3.8) is 0 Å². The minimum atomic E-state index is -0.346. The SMILES string of the molecule is CN(C)c1ccc(Nc2cnc(C(=O)Nc3cccc(Cl)c3)cn2)cc1. The Bertz CT molecular complexity index is 895. The van der Waals surface area contributed by atoms with E-state index in [0.29, 0.717) is 16.5 Å². The quantitative estimate of drug-likeness (QED) is 0.707. The summed E-state index contributed by atoms with van der Waals surface area (Å²) in [6, 6.07) is 14.8. The predicted molar refractivity (Wildman–Crippen MR) is 105 cm³/mol. The van der Waals surface area contributed by atoms with Crippen LogP contribution in [-0.2, 0) is 0 Å². The van der Waals surface area contributed by atoms with Crippen molar-refractivity contribution in [3.8, 4) is 0 Å². The summed E-state index contributed by atoms with van der Waals surface area (Å²) in [5.41, 5.74) is 2.82. The monoisotopic (exact) mass is 367 g/mol. The van der Waals surface area contributed by atoms with E-state index >= 15 is 0 Å². The van der Waals surface area contributed by atoms with Gasteiger partial charge in [-0.2, -0.15) is 0 Å². The number of carbonyl (C=O) groups excluding carboxylic acids is 1. The Morgan fingerprint density at radius 1 is 1.00 bits per heavy atom. The van der Waals surface area contributed by atoms with Crippen LogP contribution in [0.15, 0.2) is 60.9 Å². The van der Waals surface area contributed by atoms with Crippen molar-refractivity contribution in [2.75, 3.05) is 29.6 Å². The Morgan fingerprint density at radius 3 is 2.38 bits per heavy atom. The highest BCUT2D eigenvalue weighted by Gasteiger charge is 2.09. The Balaban J connectivity index is 1.65. The Hall–Kier alpha value is -3.12. The summed E-state index contributed by atoms with van der Waals surface area (Å²) in [5.74, 6) is 0.212. The highest BCUT2D eigenvalue weighted by atomic mass is 35.5. The van der Waals surface area contributed by atoms with Gasteiger partial charge in [0.05, 0.1) is 12.4 Å². The third-order valence-electron chi connectivity index (χ3n) is 3.62. The summed E-state index contributed by atoms with van der Waals surface area (Å²) in [6.45, 7) is 0. The molecule has 0 fully saturated rings. The van der Waals surface area contributed by atoms with Gasteiger partial charge in [0.25, 0.3) is 5.91 Å². The van der Waals surface area contributed by atoms with Crippen molar-refractivity contribution in [3.05, 3.63) is 71.6 Å². The van der Waals surface area contributed by atoms with Gasteiger partial charge in [0, 0.05) is 36.2 Å². The number of hydrogen-bond acceptors (Lipinski definition) is 5. The molecule has 2 aromatic carbocycles. The van der Waals surface area contributed by atoms with Crippen LogP contribution in [0.25, 0.3) is 0 Å². The van der Waals surface area contributed by atoms with Crippen molar-refractivity contribution in [1.82, 2.24) is 9.97 Å². The lowest BCUT2D eigenvalue weighted by atomic mass is 10.2. The number of carbonyl (C=O) groups is 1. The second-order valence-electron chi connectivity index (χ2n) is 5.82. The maximum absolute atomic E-state index is 12.2. The highest BCUT2D eigenvalue weighted by molar-refractivity contribution is 6.30. The normalized spacial score (nSPS) is 10.3. The first-order valence-corrected chi connectivity index (χ1v) is 8.32. The molecule has 0 aliphatic carbocycles. The summed E-state index contributed by atoms with van der Waals surface area (Å²) >= 11 is 5.91. The molecule has 0 spiro atoms. The molecule has 0 aliphatic rings. The highest BCUT2D eigenvalue weighted by Crippen LogP contribution is 2.19. The van der Waals surface area contributed by atoms with Crippen LogP contribution in [0, 0.1) is 0 Å². The summed E-state index contributed by atoms with van der Waals surface area (Å²) in [5, 5.41) is 6.44. The lowest BCUT2D eigenvalue weighted by Crippen LogP contribution is -2.14. The fourth-order valence-corrected chi connectivity index (χ4v) is 2.45. The third kappa shape index (κ3) is 4.49. The average molecular weight is 368 g/mol. The molecule has 0 saturated carbocycles. The number of hydrogen-bond donors (Lipinski definition) is 2. The zero-order valence-corrected chi connectivity index (χ0v) is 15.2. The Labute approximate surface area is 156 Å². The maximum Gasteiger partial charge on any atom is 0.275 e. The molecule has 2 N–H and O–H groups in total. The van der Waals surface area contributed by atoms with Gasteiger partial charge in [0.15, 0.2) is 0 Å². The molecule has 6 nitrogen and oxygen atoms in total. The van der Waals surface area contributed by atoms with Crippen LogP contribution >= 0.6 is 11.6 Å². The van der Waals surface area contributed by atoms with Crippen LogP contribution in [-0.4, -0.2) is 30.0 Å². The van der Waals surface area contributed by atoms with Crippen molar-refractivity contribution in [2.45, 2.75) is 0 Å². The van der Waals surface area contributed by atoms with E-state index in [4.69, 9.17) is 11.6 Å². The topological polar surface area (TPSA) is 70.2 Å². The molecule has 1 heterocycles. The number of benzene rings is 2. The minimum absolute atomic E-state index is 0.221. The summed E-state index contributed by atoms with van der Waals surface area (Å²) in [4.78, 5) is 22.6. The molecule has 0 bridgehead atoms. The molecule has 1 amide bonds. The summed E-state index contributed by atoms with van der Waals surface area (Å²) in [6.07, 6.45) is 2.95. The number of halogens is 1. The number of rotatable bonds is 5. The van der Waals surface area contributed by atoms with Crippen molar-refractivity contribution in [2.24, 2.45) is 0 Å². The third-order valence-corrected chi connectivity index (χ3v) is 3.86. The van der Waals surface area contributed by atoms with Crippen LogP contribution in [0.5, 0.6) is 0 Å². The van der Waals surface area contributed by atoms with Crippen LogP contribution in [0.3, 0.4) is 0 Å². The van der Waals surface area contributed by atoms with Gasteiger partial charge in [-0.3, -0.25) is 4.79 Å². The molecule has 3 aromatic rings. The first kappa shape index (κ1) is 17.7. The van der Waals surface area contributed by atoms with Gasteiger partial charge in [-0.15, -0.1) is 0 Å². The van der Waals surface area contributed by atoms with Crippen LogP contribution in [0.2, 0.25) is 5.02 Å². The van der Waals surface area contributed by atoms with Gasteiger partial charge >= 0.3 is 0 Å². The fourth-order valence-electron chi connectivity index (χ4n) is 2.26. The number of nitrogens with one attached hydrogen (secondary N) is 2. The number of anilines is 4. The van der Waals surface area contributed by atoms with Gasteiger partial charge in [-0.05, 0) is 42.5 Å². The van der Waals surface area contributed by atoms with Gasteiger partial charge in [-0.1, -0.05) is 17.7 Å². The van der Waals surface area contributed by atoms with Gasteiger partial charge in [-0.25, -0.2) is 9.97 Å². The molecule has 132 valence electrons. The zero-order chi connectivity index (χ0) is 18.5. The van der Waals surface area contributed by atoms with E-state index < -0.39 is 0 Å². The lowest BCUT2D eigenvalue weighted by Gasteiger charge is -2.13. The average Bonchev–Trinajstić information content (AvgIpc) is 2.63. The minimum Gasteiger partial charge on any atom is -0.378 e. The van der Waals surface area contributed by atoms with E-state index in [0.717, 1.165) is 11.4 Å². The Morgan fingerprint density at radius 2 is 1.77 bits per heavy atom.